The van der Waals surface area contributed by atoms with Crippen LogP contribution in [-0.2, 0) is 17.5 Å². The molecule has 1 heterocycles. The largest absolute Gasteiger partial charge is 0.416 e. The predicted molar refractivity (Wildman–Crippen MR) is 101 cm³/mol. The van der Waals surface area contributed by atoms with Crippen molar-refractivity contribution in [1.82, 2.24) is 9.55 Å². The first kappa shape index (κ1) is 20.7. The minimum Gasteiger partial charge on any atom is -0.324 e. The molecule has 0 bridgehead atoms. The van der Waals surface area contributed by atoms with Crippen molar-refractivity contribution in [2.45, 2.75) is 12.7 Å². The Kier molecular flexibility index (Phi) is 5.63. The topological polar surface area (TPSA) is 107 Å². The van der Waals surface area contributed by atoms with Gasteiger partial charge in [-0.05, 0) is 18.2 Å². The third-order valence-corrected chi connectivity index (χ3v) is 4.04. The van der Waals surface area contributed by atoms with E-state index in [1.54, 1.807) is 0 Å². The van der Waals surface area contributed by atoms with Crippen molar-refractivity contribution in [2.24, 2.45) is 0 Å². The minimum absolute atomic E-state index is 0.157. The second kappa shape index (κ2) is 8.15. The smallest absolute Gasteiger partial charge is 0.324 e. The number of nitrogens with one attached hydrogen (secondary N) is 1. The van der Waals surface area contributed by atoms with E-state index in [4.69, 9.17) is 0 Å². The van der Waals surface area contributed by atoms with Crippen LogP contribution in [0.5, 0.6) is 0 Å². The molecule has 3 aromatic rings. The Bertz CT molecular complexity index is 1160. The monoisotopic (exact) mass is 418 g/mol. The van der Waals surface area contributed by atoms with Crippen molar-refractivity contribution in [2.75, 3.05) is 5.32 Å². The molecule has 0 radical (unpaired) electrons. The third kappa shape index (κ3) is 4.87. The normalized spacial score (nSPS) is 11.2. The molecule has 0 aliphatic carbocycles. The van der Waals surface area contributed by atoms with Crippen LogP contribution in [0.4, 0.5) is 24.5 Å². The predicted octanol–water partition coefficient (Wildman–Crippen LogP) is 3.48. The fraction of sp³-hybridized carbons (Fsp3) is 0.105. The van der Waals surface area contributed by atoms with Crippen molar-refractivity contribution < 1.29 is 22.9 Å². The van der Waals surface area contributed by atoms with Gasteiger partial charge >= 0.3 is 6.18 Å². The molecule has 2 aromatic carbocycles. The van der Waals surface area contributed by atoms with E-state index in [2.05, 4.69) is 10.3 Å². The quantitative estimate of drug-likeness (QED) is 0.504. The van der Waals surface area contributed by atoms with E-state index >= 15 is 0 Å². The van der Waals surface area contributed by atoms with Gasteiger partial charge in [-0.15, -0.1) is 0 Å². The van der Waals surface area contributed by atoms with Crippen molar-refractivity contribution in [3.05, 3.63) is 87.0 Å². The van der Waals surface area contributed by atoms with Gasteiger partial charge in [0.05, 0.1) is 22.5 Å². The first-order valence-electron chi connectivity index (χ1n) is 8.42. The van der Waals surface area contributed by atoms with Crippen molar-refractivity contribution >= 4 is 17.3 Å². The highest BCUT2D eigenvalue weighted by atomic mass is 19.4. The van der Waals surface area contributed by atoms with Crippen LogP contribution in [0.15, 0.2) is 65.7 Å². The average molecular weight is 418 g/mol. The molecular weight excluding hydrogens is 405 g/mol. The summed E-state index contributed by atoms with van der Waals surface area (Å²) in [5.41, 5.74) is -0.951. The number of nitro benzene ring substituents is 1. The molecule has 11 heteroatoms. The van der Waals surface area contributed by atoms with E-state index < -0.39 is 34.7 Å². The molecule has 0 spiro atoms. The van der Waals surface area contributed by atoms with Gasteiger partial charge < -0.3 is 5.32 Å². The molecule has 0 aliphatic rings. The van der Waals surface area contributed by atoms with Crippen LogP contribution in [0.1, 0.15) is 5.56 Å². The van der Waals surface area contributed by atoms with E-state index in [0.717, 1.165) is 29.1 Å². The maximum absolute atomic E-state index is 12.6. The zero-order valence-corrected chi connectivity index (χ0v) is 15.1. The van der Waals surface area contributed by atoms with Crippen LogP contribution in [0.25, 0.3) is 11.3 Å². The number of anilines is 1. The summed E-state index contributed by atoms with van der Waals surface area (Å²) in [5.74, 6) is -0.610. The molecule has 154 valence electrons. The van der Waals surface area contributed by atoms with Crippen LogP contribution < -0.4 is 10.9 Å². The Hall–Kier alpha value is -4.02. The summed E-state index contributed by atoms with van der Waals surface area (Å²) in [6.07, 6.45) is -3.37. The molecule has 1 N–H and O–H groups in total. The van der Waals surface area contributed by atoms with Crippen molar-refractivity contribution in [1.29, 1.82) is 0 Å². The van der Waals surface area contributed by atoms with E-state index in [1.807, 2.05) is 0 Å². The lowest BCUT2D eigenvalue weighted by atomic mass is 10.1. The number of rotatable bonds is 5. The fourth-order valence-corrected chi connectivity index (χ4v) is 2.58. The highest BCUT2D eigenvalue weighted by molar-refractivity contribution is 5.90. The van der Waals surface area contributed by atoms with E-state index in [9.17, 15) is 32.9 Å². The van der Waals surface area contributed by atoms with Crippen molar-refractivity contribution in [3.63, 3.8) is 0 Å². The van der Waals surface area contributed by atoms with Crippen LogP contribution in [0.2, 0.25) is 0 Å². The minimum atomic E-state index is -4.47. The summed E-state index contributed by atoms with van der Waals surface area (Å²) < 4.78 is 38.9. The fourth-order valence-electron chi connectivity index (χ4n) is 2.58. The maximum atomic E-state index is 12.6. The summed E-state index contributed by atoms with van der Waals surface area (Å²) >= 11 is 0. The molecule has 0 atom stereocenters. The zero-order chi connectivity index (χ0) is 21.9. The summed E-state index contributed by atoms with van der Waals surface area (Å²) in [4.78, 5) is 38.6. The van der Waals surface area contributed by atoms with Gasteiger partial charge in [-0.2, -0.15) is 13.2 Å². The van der Waals surface area contributed by atoms with Gasteiger partial charge in [0.1, 0.15) is 6.54 Å². The number of carbonyl (C=O) groups is 1. The number of aromatic nitrogens is 2. The molecule has 0 unspecified atom stereocenters. The number of nitro groups is 1. The lowest BCUT2D eigenvalue weighted by molar-refractivity contribution is -0.384. The summed E-state index contributed by atoms with van der Waals surface area (Å²) in [6, 6.07) is 10.6. The number of nitrogens with zero attached hydrogens (tertiary/aromatic N) is 3. The van der Waals surface area contributed by atoms with E-state index in [0.29, 0.717) is 5.56 Å². The number of benzene rings is 2. The van der Waals surface area contributed by atoms with Crippen LogP contribution in [-0.4, -0.2) is 20.4 Å². The van der Waals surface area contributed by atoms with Gasteiger partial charge in [0, 0.05) is 29.4 Å². The van der Waals surface area contributed by atoms with Gasteiger partial charge in [0.15, 0.2) is 0 Å². The van der Waals surface area contributed by atoms with E-state index in [1.165, 1.54) is 36.4 Å². The molecule has 1 amide bonds. The highest BCUT2D eigenvalue weighted by Crippen LogP contribution is 2.30. The lowest BCUT2D eigenvalue weighted by Gasteiger charge is -2.09. The lowest BCUT2D eigenvalue weighted by Crippen LogP contribution is -2.27. The Labute approximate surface area is 166 Å². The Balaban J connectivity index is 1.72. The molecule has 0 saturated heterocycles. The Morgan fingerprint density at radius 2 is 1.83 bits per heavy atom. The highest BCUT2D eigenvalue weighted by Gasteiger charge is 2.30. The SMILES string of the molecule is O=C(Cn1cnc(-c2ccc(C(F)(F)F)cc2)cc1=O)Nc1cccc([N+](=O)[O-])c1. The first-order chi connectivity index (χ1) is 14.1. The molecule has 0 aliphatic heterocycles. The molecule has 0 fully saturated rings. The van der Waals surface area contributed by atoms with Gasteiger partial charge in [-0.3, -0.25) is 24.3 Å². The number of halogens is 3. The number of alkyl halides is 3. The second-order valence-electron chi connectivity index (χ2n) is 6.17. The average Bonchev–Trinajstić information content (AvgIpc) is 2.69. The van der Waals surface area contributed by atoms with Gasteiger partial charge in [-0.1, -0.05) is 18.2 Å². The number of carbonyl (C=O) groups excluding carboxylic acids is 1. The number of hydrogen-bond acceptors (Lipinski definition) is 5. The summed E-state index contributed by atoms with van der Waals surface area (Å²) in [6.45, 7) is -0.401. The molecule has 8 nitrogen and oxygen atoms in total. The summed E-state index contributed by atoms with van der Waals surface area (Å²) in [5, 5.41) is 13.2. The van der Waals surface area contributed by atoms with Gasteiger partial charge in [0.25, 0.3) is 11.2 Å². The van der Waals surface area contributed by atoms with Gasteiger partial charge in [0.2, 0.25) is 5.91 Å². The first-order valence-corrected chi connectivity index (χ1v) is 8.42. The Morgan fingerprint density at radius 3 is 2.43 bits per heavy atom. The number of hydrogen-bond donors (Lipinski definition) is 1. The van der Waals surface area contributed by atoms with Gasteiger partial charge in [-0.25, -0.2) is 4.98 Å². The Morgan fingerprint density at radius 1 is 1.13 bits per heavy atom. The van der Waals surface area contributed by atoms with Crippen LogP contribution >= 0.6 is 0 Å². The van der Waals surface area contributed by atoms with Crippen LogP contribution in [0, 0.1) is 10.1 Å². The summed E-state index contributed by atoms with van der Waals surface area (Å²) in [7, 11) is 0. The van der Waals surface area contributed by atoms with Crippen LogP contribution in [0.3, 0.4) is 0 Å². The molecule has 30 heavy (non-hydrogen) atoms. The third-order valence-electron chi connectivity index (χ3n) is 4.04. The number of non-ortho nitro benzene ring substituents is 1. The molecule has 0 saturated carbocycles. The second-order valence-corrected chi connectivity index (χ2v) is 6.17. The molecule has 3 rings (SSSR count). The van der Waals surface area contributed by atoms with E-state index in [-0.39, 0.29) is 17.1 Å². The maximum Gasteiger partial charge on any atom is 0.416 e. The molecular formula is C19H13F3N4O4. The zero-order valence-electron chi connectivity index (χ0n) is 15.1. The molecule has 1 aromatic heterocycles. The number of amides is 1. The standard InChI is InChI=1S/C19H13F3N4O4/c20-19(21,22)13-6-4-12(5-7-13)16-9-18(28)25(11-23-16)10-17(27)24-14-2-1-3-15(8-14)26(29)30/h1-9,11H,10H2,(H,24,27). The van der Waals surface area contributed by atoms with Crippen molar-refractivity contribution in [3.8, 4) is 11.3 Å².